The molecular weight excluding hydrogens is 308 g/mol. The van der Waals surface area contributed by atoms with E-state index >= 15 is 0 Å². The number of aryl methyl sites for hydroxylation is 1. The van der Waals surface area contributed by atoms with Crippen LogP contribution in [0.1, 0.15) is 12.0 Å². The lowest BCUT2D eigenvalue weighted by Crippen LogP contribution is -2.26. The molecule has 0 saturated carbocycles. The smallest absolute Gasteiger partial charge is 0.242 e. The maximum atomic E-state index is 12.0. The van der Waals surface area contributed by atoms with E-state index < -0.39 is 20.8 Å². The van der Waals surface area contributed by atoms with Gasteiger partial charge in [-0.25, -0.2) is 13.1 Å². The van der Waals surface area contributed by atoms with Gasteiger partial charge in [0.2, 0.25) is 10.0 Å². The Morgan fingerprint density at radius 2 is 2.05 bits per heavy atom. The molecule has 1 aromatic carbocycles. The number of hydrogen-bond acceptors (Lipinski definition) is 4. The Bertz CT molecular complexity index is 588. The van der Waals surface area contributed by atoms with Gasteiger partial charge in [0.1, 0.15) is 4.90 Å². The Morgan fingerprint density at radius 1 is 1.42 bits per heavy atom. The topological polar surface area (TPSA) is 89.3 Å². The summed E-state index contributed by atoms with van der Waals surface area (Å²) in [6.07, 6.45) is 2.08. The zero-order valence-corrected chi connectivity index (χ0v) is 13.2. The van der Waals surface area contributed by atoms with Crippen molar-refractivity contribution in [3.63, 3.8) is 0 Å². The van der Waals surface area contributed by atoms with Gasteiger partial charge in [0.25, 0.3) is 0 Å². The number of hydrogen-bond donors (Lipinski definition) is 2. The van der Waals surface area contributed by atoms with E-state index in [1.165, 1.54) is 12.1 Å². The fraction of sp³-hybridized carbons (Fsp3) is 0.455. The van der Waals surface area contributed by atoms with Crippen LogP contribution in [-0.4, -0.2) is 31.2 Å². The van der Waals surface area contributed by atoms with Gasteiger partial charge in [-0.1, -0.05) is 11.6 Å². The van der Waals surface area contributed by atoms with Crippen LogP contribution in [0, 0.1) is 6.92 Å². The van der Waals surface area contributed by atoms with Gasteiger partial charge in [-0.05, 0) is 31.0 Å². The van der Waals surface area contributed by atoms with Crippen LogP contribution in [-0.2, 0) is 20.8 Å². The molecule has 108 valence electrons. The number of nitrogen functional groups attached to an aromatic ring is 1. The Balaban J connectivity index is 2.83. The fourth-order valence-electron chi connectivity index (χ4n) is 1.43. The molecule has 3 N–H and O–H groups in total. The first-order valence-corrected chi connectivity index (χ1v) is 9.18. The third kappa shape index (κ3) is 4.76. The molecule has 0 aliphatic rings. The van der Waals surface area contributed by atoms with Gasteiger partial charge in [-0.2, -0.15) is 0 Å². The lowest BCUT2D eigenvalue weighted by atomic mass is 10.2. The standard InChI is InChI=1S/C11H17ClN2O3S2/c1-8-6-9(12)11(7-10(8)13)19(16,17)14-4-3-5-18(2)15/h6-7,14H,3-5,13H2,1-2H3. The number of sulfonamides is 1. The van der Waals surface area contributed by atoms with Crippen molar-refractivity contribution in [2.24, 2.45) is 0 Å². The molecule has 0 radical (unpaired) electrons. The molecule has 0 heterocycles. The second kappa shape index (κ2) is 6.69. The van der Waals surface area contributed by atoms with E-state index in [0.717, 1.165) is 5.56 Å². The molecule has 0 spiro atoms. The maximum absolute atomic E-state index is 12.0. The molecule has 5 nitrogen and oxygen atoms in total. The van der Waals surface area contributed by atoms with E-state index in [2.05, 4.69) is 4.72 Å². The highest BCUT2D eigenvalue weighted by atomic mass is 35.5. The quantitative estimate of drug-likeness (QED) is 0.609. The summed E-state index contributed by atoms with van der Waals surface area (Å²) in [6.45, 7) is 1.97. The van der Waals surface area contributed by atoms with Crippen molar-refractivity contribution in [3.05, 3.63) is 22.7 Å². The molecule has 1 atom stereocenters. The lowest BCUT2D eigenvalue weighted by Gasteiger charge is -2.10. The molecule has 0 fully saturated rings. The number of halogens is 1. The zero-order chi connectivity index (χ0) is 14.6. The predicted octanol–water partition coefficient (Wildman–Crippen LogP) is 1.28. The van der Waals surface area contributed by atoms with E-state index in [4.69, 9.17) is 17.3 Å². The Morgan fingerprint density at radius 3 is 2.63 bits per heavy atom. The van der Waals surface area contributed by atoms with Gasteiger partial charge < -0.3 is 5.73 Å². The minimum Gasteiger partial charge on any atom is -0.398 e. The normalized spacial score (nSPS) is 13.4. The Labute approximate surface area is 121 Å². The fourth-order valence-corrected chi connectivity index (χ4v) is 3.67. The molecule has 0 bridgehead atoms. The van der Waals surface area contributed by atoms with Gasteiger partial charge in [-0.15, -0.1) is 0 Å². The first-order valence-electron chi connectivity index (χ1n) is 5.59. The molecule has 0 saturated heterocycles. The van der Waals surface area contributed by atoms with Crippen molar-refractivity contribution >= 4 is 38.1 Å². The number of nitrogens with two attached hydrogens (primary N) is 1. The van der Waals surface area contributed by atoms with Crippen LogP contribution in [0.25, 0.3) is 0 Å². The molecule has 8 heteroatoms. The molecule has 1 unspecified atom stereocenters. The Hall–Kier alpha value is -0.630. The van der Waals surface area contributed by atoms with Crippen LogP contribution in [0.15, 0.2) is 17.0 Å². The number of rotatable bonds is 6. The number of nitrogens with one attached hydrogen (secondary N) is 1. The van der Waals surface area contributed by atoms with Gasteiger partial charge in [-0.3, -0.25) is 4.21 Å². The monoisotopic (exact) mass is 324 g/mol. The molecule has 1 aromatic rings. The van der Waals surface area contributed by atoms with Crippen LogP contribution in [0.2, 0.25) is 5.02 Å². The van der Waals surface area contributed by atoms with E-state index in [1.807, 2.05) is 0 Å². The van der Waals surface area contributed by atoms with Crippen molar-refractivity contribution in [1.82, 2.24) is 4.72 Å². The minimum atomic E-state index is -3.69. The summed E-state index contributed by atoms with van der Waals surface area (Å²) in [5, 5.41) is 0.137. The summed E-state index contributed by atoms with van der Waals surface area (Å²) in [7, 11) is -4.62. The van der Waals surface area contributed by atoms with Crippen molar-refractivity contribution in [2.45, 2.75) is 18.2 Å². The second-order valence-corrected chi connectivity index (χ2v) is 7.87. The summed E-state index contributed by atoms with van der Waals surface area (Å²) in [5.74, 6) is 0.451. The third-order valence-electron chi connectivity index (χ3n) is 2.51. The van der Waals surface area contributed by atoms with Gasteiger partial charge in [0.15, 0.2) is 0 Å². The van der Waals surface area contributed by atoms with Crippen molar-refractivity contribution in [1.29, 1.82) is 0 Å². The van der Waals surface area contributed by atoms with Crippen molar-refractivity contribution in [3.8, 4) is 0 Å². The summed E-state index contributed by atoms with van der Waals surface area (Å²) >= 11 is 5.93. The average molecular weight is 325 g/mol. The highest BCUT2D eigenvalue weighted by Gasteiger charge is 2.18. The number of benzene rings is 1. The molecule has 0 amide bonds. The van der Waals surface area contributed by atoms with Crippen LogP contribution in [0.3, 0.4) is 0 Å². The van der Waals surface area contributed by atoms with Crippen LogP contribution >= 0.6 is 11.6 Å². The third-order valence-corrected chi connectivity index (χ3v) is 5.30. The van der Waals surface area contributed by atoms with E-state index in [1.54, 1.807) is 13.2 Å². The van der Waals surface area contributed by atoms with Gasteiger partial charge in [0.05, 0.1) is 5.02 Å². The minimum absolute atomic E-state index is 0.0325. The molecule has 19 heavy (non-hydrogen) atoms. The lowest BCUT2D eigenvalue weighted by molar-refractivity contribution is 0.580. The van der Waals surface area contributed by atoms with E-state index in [9.17, 15) is 12.6 Å². The summed E-state index contributed by atoms with van der Waals surface area (Å²) in [5.41, 5.74) is 6.79. The van der Waals surface area contributed by atoms with Crippen molar-refractivity contribution in [2.75, 3.05) is 24.3 Å². The first kappa shape index (κ1) is 16.4. The summed E-state index contributed by atoms with van der Waals surface area (Å²) in [6, 6.07) is 2.87. The maximum Gasteiger partial charge on any atom is 0.242 e. The first-order chi connectivity index (χ1) is 8.74. The molecular formula is C11H17ClN2O3S2. The second-order valence-electron chi connectivity index (χ2n) is 4.17. The predicted molar refractivity (Wildman–Crippen MR) is 79.3 cm³/mol. The largest absolute Gasteiger partial charge is 0.398 e. The zero-order valence-electron chi connectivity index (χ0n) is 10.8. The van der Waals surface area contributed by atoms with E-state index in [-0.39, 0.29) is 16.5 Å². The Kier molecular flexibility index (Phi) is 5.79. The average Bonchev–Trinajstić information content (AvgIpc) is 2.29. The highest BCUT2D eigenvalue weighted by Crippen LogP contribution is 2.26. The molecule has 0 aliphatic carbocycles. The summed E-state index contributed by atoms with van der Waals surface area (Å²) in [4.78, 5) is -0.0325. The SMILES string of the molecule is Cc1cc(Cl)c(S(=O)(=O)NCCCS(C)=O)cc1N. The van der Waals surface area contributed by atoms with E-state index in [0.29, 0.717) is 17.9 Å². The number of anilines is 1. The summed E-state index contributed by atoms with van der Waals surface area (Å²) < 4.78 is 37.4. The van der Waals surface area contributed by atoms with Gasteiger partial charge in [0, 0.05) is 35.0 Å². The van der Waals surface area contributed by atoms with Crippen LogP contribution in [0.5, 0.6) is 0 Å². The molecule has 0 aliphatic heterocycles. The van der Waals surface area contributed by atoms with Crippen molar-refractivity contribution < 1.29 is 12.6 Å². The molecule has 1 rings (SSSR count). The van der Waals surface area contributed by atoms with Crippen LogP contribution < -0.4 is 10.5 Å². The highest BCUT2D eigenvalue weighted by molar-refractivity contribution is 7.89. The van der Waals surface area contributed by atoms with Crippen LogP contribution in [0.4, 0.5) is 5.69 Å². The molecule has 0 aromatic heterocycles. The van der Waals surface area contributed by atoms with Gasteiger partial charge >= 0.3 is 0 Å².